The lowest BCUT2D eigenvalue weighted by Crippen LogP contribution is -2.47. The highest BCUT2D eigenvalue weighted by molar-refractivity contribution is 5.81. The Hall–Kier alpha value is -1.79. The summed E-state index contributed by atoms with van der Waals surface area (Å²) in [6.07, 6.45) is 1.56. The van der Waals surface area contributed by atoms with E-state index in [4.69, 9.17) is 15.2 Å². The van der Waals surface area contributed by atoms with Gasteiger partial charge in [0.05, 0.1) is 12.7 Å². The minimum absolute atomic E-state index is 0.0918. The SMILES string of the molecule is CC(C)CC(N)C(=O)NCN(C)C(C)Cc1ccc2c(c1)OCO2. The zero-order valence-electron chi connectivity index (χ0n) is 15.0. The van der Waals surface area contributed by atoms with Crippen molar-refractivity contribution >= 4 is 5.91 Å². The average Bonchev–Trinajstić information content (AvgIpc) is 2.99. The molecule has 1 aliphatic rings. The van der Waals surface area contributed by atoms with Crippen LogP contribution < -0.4 is 20.5 Å². The van der Waals surface area contributed by atoms with Crippen molar-refractivity contribution in [2.75, 3.05) is 20.5 Å². The van der Waals surface area contributed by atoms with Crippen molar-refractivity contribution in [3.8, 4) is 11.5 Å². The van der Waals surface area contributed by atoms with E-state index >= 15 is 0 Å². The molecule has 0 bridgehead atoms. The maximum absolute atomic E-state index is 12.0. The van der Waals surface area contributed by atoms with E-state index in [9.17, 15) is 4.79 Å². The molecule has 3 N–H and O–H groups in total. The second-order valence-electron chi connectivity index (χ2n) is 6.93. The van der Waals surface area contributed by atoms with Crippen molar-refractivity contribution in [1.82, 2.24) is 10.2 Å². The molecule has 0 aliphatic carbocycles. The molecule has 1 amide bonds. The van der Waals surface area contributed by atoms with Crippen LogP contribution in [0.5, 0.6) is 11.5 Å². The van der Waals surface area contributed by atoms with Crippen LogP contribution in [0.25, 0.3) is 0 Å². The van der Waals surface area contributed by atoms with Crippen molar-refractivity contribution in [2.45, 2.75) is 45.7 Å². The van der Waals surface area contributed by atoms with Gasteiger partial charge in [-0.05, 0) is 50.4 Å². The molecule has 0 saturated heterocycles. The average molecular weight is 335 g/mol. The van der Waals surface area contributed by atoms with Gasteiger partial charge in [-0.25, -0.2) is 0 Å². The molecule has 1 aliphatic heterocycles. The lowest BCUT2D eigenvalue weighted by molar-refractivity contribution is -0.123. The van der Waals surface area contributed by atoms with Gasteiger partial charge in [0.1, 0.15) is 0 Å². The molecule has 0 saturated carbocycles. The van der Waals surface area contributed by atoms with Crippen LogP contribution in [-0.4, -0.2) is 43.4 Å². The first-order valence-corrected chi connectivity index (χ1v) is 8.49. The van der Waals surface area contributed by atoms with Crippen LogP contribution in [0.4, 0.5) is 0 Å². The molecule has 2 atom stereocenters. The van der Waals surface area contributed by atoms with Crippen molar-refractivity contribution in [3.63, 3.8) is 0 Å². The van der Waals surface area contributed by atoms with Crippen molar-refractivity contribution in [3.05, 3.63) is 23.8 Å². The predicted molar refractivity (Wildman–Crippen MR) is 93.9 cm³/mol. The van der Waals surface area contributed by atoms with E-state index in [1.165, 1.54) is 5.56 Å². The van der Waals surface area contributed by atoms with Gasteiger partial charge in [0.25, 0.3) is 0 Å². The number of carbonyl (C=O) groups is 1. The van der Waals surface area contributed by atoms with Gasteiger partial charge in [-0.1, -0.05) is 19.9 Å². The van der Waals surface area contributed by atoms with E-state index in [-0.39, 0.29) is 18.7 Å². The number of benzene rings is 1. The Labute approximate surface area is 144 Å². The number of hydrogen-bond donors (Lipinski definition) is 2. The number of nitrogens with one attached hydrogen (secondary N) is 1. The van der Waals surface area contributed by atoms with Crippen LogP contribution in [0.15, 0.2) is 18.2 Å². The molecular formula is C18H29N3O3. The van der Waals surface area contributed by atoms with Crippen molar-refractivity contribution in [2.24, 2.45) is 11.7 Å². The number of nitrogens with two attached hydrogens (primary N) is 1. The highest BCUT2D eigenvalue weighted by Crippen LogP contribution is 2.32. The Morgan fingerprint density at radius 1 is 1.29 bits per heavy atom. The van der Waals surface area contributed by atoms with E-state index in [1.807, 2.05) is 19.2 Å². The Kier molecular flexibility index (Phi) is 6.45. The van der Waals surface area contributed by atoms with Gasteiger partial charge < -0.3 is 20.5 Å². The molecule has 0 fully saturated rings. The van der Waals surface area contributed by atoms with Gasteiger partial charge in [0.15, 0.2) is 11.5 Å². The Morgan fingerprint density at radius 3 is 2.71 bits per heavy atom. The summed E-state index contributed by atoms with van der Waals surface area (Å²) in [6.45, 7) is 7.03. The summed E-state index contributed by atoms with van der Waals surface area (Å²) < 4.78 is 10.7. The molecule has 24 heavy (non-hydrogen) atoms. The topological polar surface area (TPSA) is 76.8 Å². The number of amides is 1. The van der Waals surface area contributed by atoms with E-state index in [0.717, 1.165) is 17.9 Å². The fourth-order valence-corrected chi connectivity index (χ4v) is 2.67. The minimum atomic E-state index is -0.442. The monoisotopic (exact) mass is 335 g/mol. The van der Waals surface area contributed by atoms with Gasteiger partial charge in [0, 0.05) is 6.04 Å². The molecule has 1 aromatic rings. The number of nitrogens with zero attached hydrogens (tertiary/aromatic N) is 1. The highest BCUT2D eigenvalue weighted by atomic mass is 16.7. The van der Waals surface area contributed by atoms with Crippen LogP contribution in [0, 0.1) is 5.92 Å². The Balaban J connectivity index is 1.79. The van der Waals surface area contributed by atoms with Gasteiger partial charge in [-0.15, -0.1) is 0 Å². The summed E-state index contributed by atoms with van der Waals surface area (Å²) >= 11 is 0. The first-order valence-electron chi connectivity index (χ1n) is 8.49. The molecule has 2 unspecified atom stereocenters. The summed E-state index contributed by atoms with van der Waals surface area (Å²) in [5.41, 5.74) is 7.08. The van der Waals surface area contributed by atoms with E-state index in [0.29, 0.717) is 19.0 Å². The Bertz CT molecular complexity index is 562. The molecule has 1 heterocycles. The number of carbonyl (C=O) groups excluding carboxylic acids is 1. The van der Waals surface area contributed by atoms with E-state index < -0.39 is 6.04 Å². The summed E-state index contributed by atoms with van der Waals surface area (Å²) in [5.74, 6) is 1.92. The maximum atomic E-state index is 12.0. The minimum Gasteiger partial charge on any atom is -0.454 e. The lowest BCUT2D eigenvalue weighted by atomic mass is 10.0. The maximum Gasteiger partial charge on any atom is 0.237 e. The molecule has 6 nitrogen and oxygen atoms in total. The number of rotatable bonds is 8. The van der Waals surface area contributed by atoms with Crippen molar-refractivity contribution in [1.29, 1.82) is 0 Å². The van der Waals surface area contributed by atoms with Crippen LogP contribution in [0.1, 0.15) is 32.8 Å². The number of fused-ring (bicyclic) bond motifs is 1. The van der Waals surface area contributed by atoms with Crippen LogP contribution in [0.3, 0.4) is 0 Å². The van der Waals surface area contributed by atoms with Gasteiger partial charge in [-0.2, -0.15) is 0 Å². The molecule has 134 valence electrons. The third kappa shape index (κ3) is 5.11. The van der Waals surface area contributed by atoms with Crippen LogP contribution >= 0.6 is 0 Å². The van der Waals surface area contributed by atoms with Gasteiger partial charge in [-0.3, -0.25) is 9.69 Å². The third-order valence-corrected chi connectivity index (χ3v) is 4.29. The first-order chi connectivity index (χ1) is 11.4. The first kappa shape index (κ1) is 18.5. The van der Waals surface area contributed by atoms with E-state index in [2.05, 4.69) is 37.1 Å². The summed E-state index contributed by atoms with van der Waals surface area (Å²) in [7, 11) is 1.99. The highest BCUT2D eigenvalue weighted by Gasteiger charge is 2.18. The second kappa shape index (κ2) is 8.35. The fraction of sp³-hybridized carbons (Fsp3) is 0.611. The standard InChI is InChI=1S/C18H29N3O3/c1-12(2)7-15(19)18(22)20-10-21(4)13(3)8-14-5-6-16-17(9-14)24-11-23-16/h5-6,9,12-13,15H,7-8,10-11,19H2,1-4H3,(H,20,22). The molecule has 2 rings (SSSR count). The zero-order valence-corrected chi connectivity index (χ0v) is 15.0. The summed E-state index contributed by atoms with van der Waals surface area (Å²) in [6, 6.07) is 5.84. The smallest absolute Gasteiger partial charge is 0.237 e. The number of ether oxygens (including phenoxy) is 2. The van der Waals surface area contributed by atoms with Crippen LogP contribution in [0.2, 0.25) is 0 Å². The largest absolute Gasteiger partial charge is 0.454 e. The number of hydrogen-bond acceptors (Lipinski definition) is 5. The molecule has 1 aromatic carbocycles. The Morgan fingerprint density at radius 2 is 2.00 bits per heavy atom. The second-order valence-corrected chi connectivity index (χ2v) is 6.93. The fourth-order valence-electron chi connectivity index (χ4n) is 2.67. The predicted octanol–water partition coefficient (Wildman–Crippen LogP) is 1.73. The van der Waals surface area contributed by atoms with Crippen molar-refractivity contribution < 1.29 is 14.3 Å². The van der Waals surface area contributed by atoms with Gasteiger partial charge in [0.2, 0.25) is 12.7 Å². The zero-order chi connectivity index (χ0) is 17.7. The summed E-state index contributed by atoms with van der Waals surface area (Å²) in [5, 5.41) is 2.91. The normalized spacial score (nSPS) is 15.6. The van der Waals surface area contributed by atoms with Gasteiger partial charge >= 0.3 is 0 Å². The quantitative estimate of drug-likeness (QED) is 0.708. The summed E-state index contributed by atoms with van der Waals surface area (Å²) in [4.78, 5) is 14.1. The molecule has 0 radical (unpaired) electrons. The molecule has 0 spiro atoms. The molecule has 6 heteroatoms. The van der Waals surface area contributed by atoms with E-state index in [1.54, 1.807) is 0 Å². The molecular weight excluding hydrogens is 306 g/mol. The number of likely N-dealkylation sites (N-methyl/N-ethyl adjacent to an activating group) is 1. The van der Waals surface area contributed by atoms with Crippen LogP contribution in [-0.2, 0) is 11.2 Å². The molecule has 0 aromatic heterocycles. The third-order valence-electron chi connectivity index (χ3n) is 4.29. The lowest BCUT2D eigenvalue weighted by Gasteiger charge is -2.26.